The molecule has 0 bridgehead atoms. The summed E-state index contributed by atoms with van der Waals surface area (Å²) < 4.78 is 22.2. The van der Waals surface area contributed by atoms with E-state index in [-0.39, 0.29) is 23.9 Å². The molecule has 0 aliphatic carbocycles. The van der Waals surface area contributed by atoms with Gasteiger partial charge >= 0.3 is 0 Å². The molecule has 2 saturated heterocycles. The Morgan fingerprint density at radius 1 is 1.02 bits per heavy atom. The number of carbonyl (C=O) groups excluding carboxylic acids is 1. The van der Waals surface area contributed by atoms with Crippen LogP contribution in [-0.4, -0.2) is 73.6 Å². The molecular weight excluding hydrogens is 557 g/mol. The van der Waals surface area contributed by atoms with Crippen LogP contribution in [-0.2, 0) is 14.3 Å². The highest BCUT2D eigenvalue weighted by atomic mass is 35.5. The molecule has 2 fully saturated rings. The first-order valence-corrected chi connectivity index (χ1v) is 13.8. The number of fused-ring (bicyclic) bond motifs is 1. The van der Waals surface area contributed by atoms with Crippen LogP contribution in [0.2, 0.25) is 10.0 Å². The molecule has 0 saturated carbocycles. The van der Waals surface area contributed by atoms with Crippen molar-refractivity contribution in [1.82, 2.24) is 20.3 Å². The highest BCUT2D eigenvalue weighted by Gasteiger charge is 2.29. The van der Waals surface area contributed by atoms with Crippen LogP contribution < -0.4 is 20.1 Å². The Morgan fingerprint density at radius 3 is 2.40 bits per heavy atom. The molecule has 40 heavy (non-hydrogen) atoms. The zero-order valence-corrected chi connectivity index (χ0v) is 23.8. The number of anilines is 1. The molecule has 3 aromatic rings. The zero-order valence-electron chi connectivity index (χ0n) is 22.3. The number of hydrogen-bond donors (Lipinski definition) is 2. The van der Waals surface area contributed by atoms with Gasteiger partial charge in [-0.3, -0.25) is 9.78 Å². The Kier molecular flexibility index (Phi) is 8.90. The van der Waals surface area contributed by atoms with Gasteiger partial charge in [-0.1, -0.05) is 29.8 Å². The predicted octanol–water partition coefficient (Wildman–Crippen LogP) is 4.78. The molecule has 212 valence electrons. The summed E-state index contributed by atoms with van der Waals surface area (Å²) in [5.74, 6) is 1.15. The zero-order chi connectivity index (χ0) is 28.2. The molecule has 0 spiro atoms. The number of aromatic nitrogens is 3. The summed E-state index contributed by atoms with van der Waals surface area (Å²) in [4.78, 5) is 26.5. The minimum Gasteiger partial charge on any atom is -0.495 e. The summed E-state index contributed by atoms with van der Waals surface area (Å²) in [6.45, 7) is 5.77. The second-order valence-electron chi connectivity index (χ2n) is 9.63. The van der Waals surface area contributed by atoms with Crippen molar-refractivity contribution >= 4 is 46.0 Å². The first-order chi connectivity index (χ1) is 19.4. The van der Waals surface area contributed by atoms with Gasteiger partial charge in [0, 0.05) is 49.0 Å². The first-order valence-electron chi connectivity index (χ1n) is 13.1. The summed E-state index contributed by atoms with van der Waals surface area (Å²) in [6.07, 6.45) is 5.27. The second kappa shape index (κ2) is 12.6. The molecule has 2 aliphatic heterocycles. The van der Waals surface area contributed by atoms with Gasteiger partial charge in [0.2, 0.25) is 11.9 Å². The number of nitrogens with zero attached hydrogens (tertiary/aromatic N) is 3. The van der Waals surface area contributed by atoms with Gasteiger partial charge in [-0.25, -0.2) is 9.97 Å². The Bertz CT molecular complexity index is 1390. The van der Waals surface area contributed by atoms with Crippen LogP contribution in [0.25, 0.3) is 22.2 Å². The van der Waals surface area contributed by atoms with Crippen molar-refractivity contribution in [1.29, 1.82) is 0 Å². The SMILES string of the molecule is C=CC(=O)N[C@H]1CCOC[C@H]1Nc1ncc2cc(-c3c(Cl)c(OC)cc(OC)c3Cl)nc(C3CCOCC3)c2n1. The van der Waals surface area contributed by atoms with Crippen LogP contribution in [0.4, 0.5) is 5.95 Å². The third-order valence-electron chi connectivity index (χ3n) is 7.21. The Hall–Kier alpha value is -3.18. The van der Waals surface area contributed by atoms with Crippen LogP contribution in [0, 0.1) is 0 Å². The lowest BCUT2D eigenvalue weighted by Gasteiger charge is -2.32. The fraction of sp³-hybridized carbons (Fsp3) is 0.429. The van der Waals surface area contributed by atoms with E-state index in [2.05, 4.69) is 22.2 Å². The quantitative estimate of drug-likeness (QED) is 0.359. The number of methoxy groups -OCH3 is 2. The molecule has 2 atom stereocenters. The van der Waals surface area contributed by atoms with Gasteiger partial charge in [0.1, 0.15) is 11.5 Å². The van der Waals surface area contributed by atoms with Crippen LogP contribution in [0.5, 0.6) is 11.5 Å². The molecule has 1 amide bonds. The smallest absolute Gasteiger partial charge is 0.243 e. The van der Waals surface area contributed by atoms with Gasteiger partial charge in [-0.05, 0) is 31.4 Å². The maximum Gasteiger partial charge on any atom is 0.243 e. The van der Waals surface area contributed by atoms with Crippen molar-refractivity contribution in [2.24, 2.45) is 0 Å². The number of rotatable bonds is 8. The highest BCUT2D eigenvalue weighted by Crippen LogP contribution is 2.46. The van der Waals surface area contributed by atoms with Gasteiger partial charge in [0.25, 0.3) is 0 Å². The Labute approximate surface area is 242 Å². The van der Waals surface area contributed by atoms with E-state index in [9.17, 15) is 4.79 Å². The molecule has 1 aromatic carbocycles. The third kappa shape index (κ3) is 5.81. The number of hydrogen-bond acceptors (Lipinski definition) is 9. The van der Waals surface area contributed by atoms with Crippen LogP contribution in [0.15, 0.2) is 31.0 Å². The van der Waals surface area contributed by atoms with E-state index < -0.39 is 0 Å². The van der Waals surface area contributed by atoms with Gasteiger partial charge < -0.3 is 29.6 Å². The van der Waals surface area contributed by atoms with E-state index in [0.717, 1.165) is 29.4 Å². The molecular formula is C28H31Cl2N5O5. The lowest BCUT2D eigenvalue weighted by molar-refractivity contribution is -0.117. The number of nitrogens with one attached hydrogen (secondary N) is 2. The average molecular weight is 588 g/mol. The summed E-state index contributed by atoms with van der Waals surface area (Å²) in [5.41, 5.74) is 2.61. The second-order valence-corrected chi connectivity index (χ2v) is 10.4. The van der Waals surface area contributed by atoms with Crippen LogP contribution in [0.1, 0.15) is 30.9 Å². The fourth-order valence-corrected chi connectivity index (χ4v) is 5.78. The first kappa shape index (κ1) is 28.4. The molecule has 2 aromatic heterocycles. The topological polar surface area (TPSA) is 117 Å². The molecule has 0 radical (unpaired) electrons. The van der Waals surface area contributed by atoms with E-state index >= 15 is 0 Å². The number of ether oxygens (including phenoxy) is 4. The number of amides is 1. The van der Waals surface area contributed by atoms with Crippen LogP contribution in [0.3, 0.4) is 0 Å². The van der Waals surface area contributed by atoms with Gasteiger partial charge in [0.15, 0.2) is 0 Å². The summed E-state index contributed by atoms with van der Waals surface area (Å²) in [5, 5.41) is 7.77. The molecule has 2 N–H and O–H groups in total. The fourth-order valence-electron chi connectivity index (χ4n) is 5.09. The van der Waals surface area contributed by atoms with E-state index in [1.165, 1.54) is 20.3 Å². The highest BCUT2D eigenvalue weighted by molar-refractivity contribution is 6.41. The van der Waals surface area contributed by atoms with Crippen molar-refractivity contribution < 1.29 is 23.7 Å². The van der Waals surface area contributed by atoms with Crippen LogP contribution >= 0.6 is 23.2 Å². The van der Waals surface area contributed by atoms with E-state index in [4.69, 9.17) is 52.1 Å². The maximum absolute atomic E-state index is 12.0. The molecule has 12 heteroatoms. The Morgan fingerprint density at radius 2 is 1.73 bits per heavy atom. The van der Waals surface area contributed by atoms with Crippen molar-refractivity contribution in [3.05, 3.63) is 46.7 Å². The average Bonchev–Trinajstić information content (AvgIpc) is 2.98. The van der Waals surface area contributed by atoms with Crippen molar-refractivity contribution in [3.63, 3.8) is 0 Å². The lowest BCUT2D eigenvalue weighted by atomic mass is 9.93. The number of carbonyl (C=O) groups is 1. The maximum atomic E-state index is 12.0. The van der Waals surface area contributed by atoms with Gasteiger partial charge in [0.05, 0.1) is 59.9 Å². The number of benzene rings is 1. The molecule has 4 heterocycles. The van der Waals surface area contributed by atoms with E-state index in [1.807, 2.05) is 6.07 Å². The standard InChI is InChI=1S/C28H31Cl2N5O5/c1-4-22(36)32-17-7-10-40-14-19(17)34-28-31-13-16-11-18(23-24(29)20(37-2)12-21(38-3)25(23)30)33-26(27(16)35-28)15-5-8-39-9-6-15/h4,11-13,15,17,19H,1,5-10,14H2,2-3H3,(H,32,36)(H,31,34,35)/t17-,19+/m0/s1. The molecule has 2 aliphatic rings. The van der Waals surface area contributed by atoms with Gasteiger partial charge in [-0.2, -0.15) is 0 Å². The predicted molar refractivity (Wildman–Crippen MR) is 154 cm³/mol. The summed E-state index contributed by atoms with van der Waals surface area (Å²) in [7, 11) is 3.07. The summed E-state index contributed by atoms with van der Waals surface area (Å²) in [6, 6.07) is 3.15. The largest absolute Gasteiger partial charge is 0.495 e. The lowest BCUT2D eigenvalue weighted by Crippen LogP contribution is -2.52. The van der Waals surface area contributed by atoms with Crippen molar-refractivity contribution in [2.75, 3.05) is 46.0 Å². The Balaban J connectivity index is 1.59. The van der Waals surface area contributed by atoms with Gasteiger partial charge in [-0.15, -0.1) is 0 Å². The number of pyridine rings is 1. The van der Waals surface area contributed by atoms with E-state index in [0.29, 0.717) is 71.6 Å². The normalized spacial score (nSPS) is 19.7. The minimum absolute atomic E-state index is 0.113. The molecule has 0 unspecified atom stereocenters. The summed E-state index contributed by atoms with van der Waals surface area (Å²) >= 11 is 13.5. The van der Waals surface area contributed by atoms with E-state index in [1.54, 1.807) is 12.3 Å². The third-order valence-corrected chi connectivity index (χ3v) is 7.96. The number of halogens is 2. The monoisotopic (exact) mass is 587 g/mol. The minimum atomic E-state index is -0.233. The van der Waals surface area contributed by atoms with Crippen molar-refractivity contribution in [2.45, 2.75) is 37.3 Å². The molecule has 10 nitrogen and oxygen atoms in total. The van der Waals surface area contributed by atoms with Crippen molar-refractivity contribution in [3.8, 4) is 22.8 Å². The molecule has 5 rings (SSSR count).